The van der Waals surface area contributed by atoms with Crippen LogP contribution >= 0.6 is 11.8 Å². The Morgan fingerprint density at radius 3 is 2.83 bits per heavy atom. The third-order valence-electron chi connectivity index (χ3n) is 3.34. The van der Waals surface area contributed by atoms with Crippen LogP contribution in [0.15, 0.2) is 5.16 Å². The van der Waals surface area contributed by atoms with E-state index in [4.69, 9.17) is 11.0 Å². The molecule has 98 valence electrons. The minimum atomic E-state index is 0.241. The molecule has 0 bridgehead atoms. The molecule has 1 aliphatic rings. The summed E-state index contributed by atoms with van der Waals surface area (Å²) in [6.07, 6.45) is 4.03. The Hall–Kier alpha value is -1.06. The van der Waals surface area contributed by atoms with E-state index < -0.39 is 0 Å². The van der Waals surface area contributed by atoms with Gasteiger partial charge in [0.05, 0.1) is 12.6 Å². The van der Waals surface area contributed by atoms with Gasteiger partial charge in [-0.15, -0.1) is 10.2 Å². The van der Waals surface area contributed by atoms with Crippen molar-refractivity contribution in [3.8, 4) is 6.07 Å². The van der Waals surface area contributed by atoms with Gasteiger partial charge in [0, 0.05) is 18.7 Å². The van der Waals surface area contributed by atoms with Gasteiger partial charge in [0.25, 0.3) is 0 Å². The molecular formula is C12H19N5S. The van der Waals surface area contributed by atoms with Crippen molar-refractivity contribution in [1.29, 1.82) is 5.26 Å². The lowest BCUT2D eigenvalue weighted by molar-refractivity contribution is 0.582. The minimum absolute atomic E-state index is 0.241. The highest BCUT2D eigenvalue weighted by Crippen LogP contribution is 2.51. The third kappa shape index (κ3) is 2.85. The van der Waals surface area contributed by atoms with Gasteiger partial charge in [-0.25, -0.2) is 0 Å². The fourth-order valence-corrected chi connectivity index (χ4v) is 3.24. The lowest BCUT2D eigenvalue weighted by atomic mass is 10.1. The van der Waals surface area contributed by atoms with Gasteiger partial charge in [-0.2, -0.15) is 5.26 Å². The molecule has 2 N–H and O–H groups in total. The van der Waals surface area contributed by atoms with Crippen molar-refractivity contribution in [3.05, 3.63) is 5.82 Å². The summed E-state index contributed by atoms with van der Waals surface area (Å²) in [7, 11) is 0. The van der Waals surface area contributed by atoms with E-state index in [9.17, 15) is 0 Å². The highest BCUT2D eigenvalue weighted by molar-refractivity contribution is 7.99. The number of thioether (sulfide) groups is 1. The average molecular weight is 265 g/mol. The summed E-state index contributed by atoms with van der Waals surface area (Å²) in [6, 6.07) is 2.29. The summed E-state index contributed by atoms with van der Waals surface area (Å²) in [5.74, 6) is 1.82. The Morgan fingerprint density at radius 1 is 1.50 bits per heavy atom. The van der Waals surface area contributed by atoms with Gasteiger partial charge in [-0.3, -0.25) is 0 Å². The van der Waals surface area contributed by atoms with E-state index in [0.717, 1.165) is 29.7 Å². The minimum Gasteiger partial charge on any atom is -0.324 e. The van der Waals surface area contributed by atoms with E-state index in [1.54, 1.807) is 11.8 Å². The van der Waals surface area contributed by atoms with E-state index in [-0.39, 0.29) is 5.41 Å². The Morgan fingerprint density at radius 2 is 2.28 bits per heavy atom. The van der Waals surface area contributed by atoms with E-state index in [2.05, 4.69) is 27.8 Å². The van der Waals surface area contributed by atoms with Crippen LogP contribution in [-0.2, 0) is 13.1 Å². The summed E-state index contributed by atoms with van der Waals surface area (Å²) in [6.45, 7) is 3.47. The van der Waals surface area contributed by atoms with Crippen LogP contribution in [0.5, 0.6) is 0 Å². The van der Waals surface area contributed by atoms with Gasteiger partial charge >= 0.3 is 0 Å². The zero-order valence-electron chi connectivity index (χ0n) is 10.7. The van der Waals surface area contributed by atoms with E-state index in [0.29, 0.717) is 13.0 Å². The number of hydrogen-bond acceptors (Lipinski definition) is 5. The van der Waals surface area contributed by atoms with Crippen LogP contribution in [0, 0.1) is 16.7 Å². The van der Waals surface area contributed by atoms with Gasteiger partial charge < -0.3 is 10.3 Å². The third-order valence-corrected chi connectivity index (χ3v) is 4.66. The van der Waals surface area contributed by atoms with E-state index >= 15 is 0 Å². The van der Waals surface area contributed by atoms with Crippen LogP contribution in [0.2, 0.25) is 0 Å². The SMILES string of the molecule is CCCn1c(CN)nnc1SCC1(CC#N)CC1. The molecule has 0 saturated heterocycles. The van der Waals surface area contributed by atoms with Crippen molar-refractivity contribution in [2.24, 2.45) is 11.1 Å². The van der Waals surface area contributed by atoms with Crippen molar-refractivity contribution < 1.29 is 0 Å². The molecular weight excluding hydrogens is 246 g/mol. The molecule has 0 aromatic carbocycles. The summed E-state index contributed by atoms with van der Waals surface area (Å²) in [5, 5.41) is 18.1. The molecule has 0 atom stereocenters. The first kappa shape index (κ1) is 13.4. The monoisotopic (exact) mass is 265 g/mol. The van der Waals surface area contributed by atoms with Gasteiger partial charge in [0.2, 0.25) is 0 Å². The molecule has 0 unspecified atom stereocenters. The zero-order valence-corrected chi connectivity index (χ0v) is 11.5. The van der Waals surface area contributed by atoms with Crippen molar-refractivity contribution in [2.75, 3.05) is 5.75 Å². The topological polar surface area (TPSA) is 80.5 Å². The lowest BCUT2D eigenvalue weighted by Crippen LogP contribution is -2.10. The fraction of sp³-hybridized carbons (Fsp3) is 0.750. The molecule has 1 saturated carbocycles. The maximum absolute atomic E-state index is 8.81. The molecule has 0 spiro atoms. The molecule has 1 aromatic heterocycles. The molecule has 1 fully saturated rings. The normalized spacial score (nSPS) is 16.5. The van der Waals surface area contributed by atoms with Gasteiger partial charge in [0.1, 0.15) is 5.82 Å². The molecule has 2 rings (SSSR count). The quantitative estimate of drug-likeness (QED) is 0.762. The molecule has 5 nitrogen and oxygen atoms in total. The van der Waals surface area contributed by atoms with Crippen LogP contribution in [-0.4, -0.2) is 20.5 Å². The second kappa shape index (κ2) is 5.72. The highest BCUT2D eigenvalue weighted by Gasteiger charge is 2.42. The molecule has 1 aliphatic carbocycles. The molecule has 0 radical (unpaired) electrons. The first-order chi connectivity index (χ1) is 8.74. The van der Waals surface area contributed by atoms with Gasteiger partial charge in [-0.1, -0.05) is 18.7 Å². The van der Waals surface area contributed by atoms with Crippen LogP contribution in [0.3, 0.4) is 0 Å². The van der Waals surface area contributed by atoms with Gasteiger partial charge in [-0.05, 0) is 24.7 Å². The molecule has 1 heterocycles. The van der Waals surface area contributed by atoms with Crippen LogP contribution in [0.1, 0.15) is 38.4 Å². The van der Waals surface area contributed by atoms with Crippen molar-refractivity contribution >= 4 is 11.8 Å². The predicted molar refractivity (Wildman–Crippen MR) is 70.8 cm³/mol. The summed E-state index contributed by atoms with van der Waals surface area (Å²) in [5.41, 5.74) is 5.90. The highest BCUT2D eigenvalue weighted by atomic mass is 32.2. The van der Waals surface area contributed by atoms with Crippen LogP contribution in [0.4, 0.5) is 0 Å². The standard InChI is InChI=1S/C12H19N5S/c1-2-7-17-10(8-14)15-16-11(17)18-9-12(3-4-12)5-6-13/h2-5,7-9,14H2,1H3. The maximum Gasteiger partial charge on any atom is 0.191 e. The first-order valence-corrected chi connectivity index (χ1v) is 7.35. The number of hydrogen-bond donors (Lipinski definition) is 1. The van der Waals surface area contributed by atoms with Crippen molar-refractivity contribution in [2.45, 2.75) is 50.9 Å². The second-order valence-corrected chi connectivity index (χ2v) is 5.82. The van der Waals surface area contributed by atoms with Crippen LogP contribution in [0.25, 0.3) is 0 Å². The largest absolute Gasteiger partial charge is 0.324 e. The van der Waals surface area contributed by atoms with E-state index in [1.165, 1.54) is 12.8 Å². The predicted octanol–water partition coefficient (Wildman–Crippen LogP) is 1.93. The van der Waals surface area contributed by atoms with Crippen molar-refractivity contribution in [3.63, 3.8) is 0 Å². The second-order valence-electron chi connectivity index (χ2n) is 4.88. The Labute approximate surface area is 112 Å². The Bertz CT molecular complexity index is 444. The number of nitrogens with two attached hydrogens (primary N) is 1. The zero-order chi connectivity index (χ0) is 13.0. The summed E-state index contributed by atoms with van der Waals surface area (Å²) in [4.78, 5) is 0. The molecule has 0 aliphatic heterocycles. The number of nitriles is 1. The molecule has 18 heavy (non-hydrogen) atoms. The molecule has 0 amide bonds. The fourth-order valence-electron chi connectivity index (χ4n) is 1.96. The lowest BCUT2D eigenvalue weighted by Gasteiger charge is -2.11. The first-order valence-electron chi connectivity index (χ1n) is 6.36. The Balaban J connectivity index is 2.01. The smallest absolute Gasteiger partial charge is 0.191 e. The summed E-state index contributed by atoms with van der Waals surface area (Å²) < 4.78 is 2.10. The molecule has 6 heteroatoms. The number of aromatic nitrogens is 3. The Kier molecular flexibility index (Phi) is 4.25. The molecule has 1 aromatic rings. The number of rotatable bonds is 7. The maximum atomic E-state index is 8.81. The number of nitrogens with zero attached hydrogens (tertiary/aromatic N) is 4. The van der Waals surface area contributed by atoms with Gasteiger partial charge in [0.15, 0.2) is 5.16 Å². The van der Waals surface area contributed by atoms with Crippen molar-refractivity contribution in [1.82, 2.24) is 14.8 Å². The van der Waals surface area contributed by atoms with E-state index in [1.807, 2.05) is 0 Å². The average Bonchev–Trinajstić information content (AvgIpc) is 3.02. The summed E-state index contributed by atoms with van der Waals surface area (Å²) >= 11 is 1.72. The van der Waals surface area contributed by atoms with Crippen LogP contribution < -0.4 is 5.73 Å².